The van der Waals surface area contributed by atoms with Crippen LogP contribution in [-0.2, 0) is 13.0 Å². The lowest BCUT2D eigenvalue weighted by Crippen LogP contribution is -2.03. The highest BCUT2D eigenvalue weighted by Gasteiger charge is 2.02. The third kappa shape index (κ3) is 2.44. The summed E-state index contributed by atoms with van der Waals surface area (Å²) in [5, 5.41) is 0. The smallest absolute Gasteiger partial charge is 0.108 e. The summed E-state index contributed by atoms with van der Waals surface area (Å²) >= 11 is 3.45. The van der Waals surface area contributed by atoms with Crippen molar-refractivity contribution in [3.8, 4) is 0 Å². The summed E-state index contributed by atoms with van der Waals surface area (Å²) in [7, 11) is 0. The van der Waals surface area contributed by atoms with Gasteiger partial charge in [-0.1, -0.05) is 22.9 Å². The number of hydrogen-bond acceptors (Lipinski definition) is 2. The van der Waals surface area contributed by atoms with E-state index in [4.69, 9.17) is 5.73 Å². The summed E-state index contributed by atoms with van der Waals surface area (Å²) < 4.78 is 3.15. The lowest BCUT2D eigenvalue weighted by atomic mass is 10.2. The molecular weight excluding hydrogens is 266 g/mol. The van der Waals surface area contributed by atoms with Crippen molar-refractivity contribution in [1.29, 1.82) is 0 Å². The largest absolute Gasteiger partial charge is 0.399 e. The average Bonchev–Trinajstić information content (AvgIpc) is 2.63. The van der Waals surface area contributed by atoms with Gasteiger partial charge in [-0.3, -0.25) is 0 Å². The van der Waals surface area contributed by atoms with Crippen LogP contribution in [-0.4, -0.2) is 9.55 Å². The maximum Gasteiger partial charge on any atom is 0.108 e. The van der Waals surface area contributed by atoms with Crippen LogP contribution in [0.5, 0.6) is 0 Å². The number of hydrogen-bond donors (Lipinski definition) is 1. The van der Waals surface area contributed by atoms with E-state index in [0.29, 0.717) is 0 Å². The topological polar surface area (TPSA) is 43.8 Å². The molecule has 0 saturated carbocycles. The van der Waals surface area contributed by atoms with Crippen LogP contribution in [0.25, 0.3) is 0 Å². The van der Waals surface area contributed by atoms with Crippen LogP contribution in [0.2, 0.25) is 0 Å². The molecule has 1 aromatic carbocycles. The van der Waals surface area contributed by atoms with E-state index in [-0.39, 0.29) is 0 Å². The van der Waals surface area contributed by atoms with Gasteiger partial charge in [0.15, 0.2) is 0 Å². The molecule has 0 atom stereocenters. The van der Waals surface area contributed by atoms with E-state index in [2.05, 4.69) is 38.5 Å². The lowest BCUT2D eigenvalue weighted by molar-refractivity contribution is 0.732. The lowest BCUT2D eigenvalue weighted by Gasteiger charge is -2.08. The van der Waals surface area contributed by atoms with Gasteiger partial charge in [0.2, 0.25) is 0 Å². The van der Waals surface area contributed by atoms with Gasteiger partial charge in [0, 0.05) is 35.5 Å². The van der Waals surface area contributed by atoms with Crippen molar-refractivity contribution in [3.05, 3.63) is 46.5 Å². The molecule has 0 aliphatic rings. The summed E-state index contributed by atoms with van der Waals surface area (Å²) in [6.07, 6.45) is 4.77. The number of aromatic nitrogens is 2. The molecule has 0 saturated heterocycles. The van der Waals surface area contributed by atoms with Gasteiger partial charge in [-0.15, -0.1) is 0 Å². The third-order valence-corrected chi connectivity index (χ3v) is 2.91. The molecule has 0 radical (unpaired) electrons. The summed E-state index contributed by atoms with van der Waals surface area (Å²) in [6, 6.07) is 5.97. The van der Waals surface area contributed by atoms with Crippen LogP contribution >= 0.6 is 15.9 Å². The maximum atomic E-state index is 5.80. The number of anilines is 1. The number of rotatable bonds is 3. The van der Waals surface area contributed by atoms with Gasteiger partial charge in [0.1, 0.15) is 5.82 Å². The van der Waals surface area contributed by atoms with E-state index >= 15 is 0 Å². The number of nitrogens with zero attached hydrogens (tertiary/aromatic N) is 2. The fourth-order valence-electron chi connectivity index (χ4n) is 1.76. The van der Waals surface area contributed by atoms with Crippen LogP contribution < -0.4 is 5.73 Å². The first-order chi connectivity index (χ1) is 7.69. The average molecular weight is 280 g/mol. The van der Waals surface area contributed by atoms with Crippen molar-refractivity contribution in [1.82, 2.24) is 9.55 Å². The minimum absolute atomic E-state index is 0.780. The van der Waals surface area contributed by atoms with Crippen molar-refractivity contribution < 1.29 is 0 Å². The predicted octanol–water partition coefficient (Wildman–Crippen LogP) is 2.84. The normalized spacial score (nSPS) is 10.6. The van der Waals surface area contributed by atoms with Crippen molar-refractivity contribution in [2.45, 2.75) is 19.9 Å². The Hall–Kier alpha value is -1.29. The quantitative estimate of drug-likeness (QED) is 0.878. The van der Waals surface area contributed by atoms with Crippen LogP contribution in [0, 0.1) is 0 Å². The van der Waals surface area contributed by atoms with Gasteiger partial charge in [-0.05, 0) is 23.8 Å². The van der Waals surface area contributed by atoms with Crippen LogP contribution in [0.15, 0.2) is 35.1 Å². The minimum Gasteiger partial charge on any atom is -0.399 e. The van der Waals surface area contributed by atoms with Crippen LogP contribution in [0.3, 0.4) is 0 Å². The van der Waals surface area contributed by atoms with E-state index in [1.54, 1.807) is 0 Å². The number of nitrogens with two attached hydrogens (primary N) is 1. The Labute approximate surface area is 103 Å². The number of imidazole rings is 1. The first-order valence-electron chi connectivity index (χ1n) is 5.24. The van der Waals surface area contributed by atoms with E-state index in [1.807, 2.05) is 24.5 Å². The standard InChI is InChI=1S/C12H14BrN3/c1-2-12-15-3-4-16(12)8-9-5-10(13)7-11(14)6-9/h3-7H,2,8,14H2,1H3. The van der Waals surface area contributed by atoms with Crippen molar-refractivity contribution in [2.24, 2.45) is 0 Å². The van der Waals surface area contributed by atoms with Gasteiger partial charge < -0.3 is 10.3 Å². The molecule has 1 aromatic heterocycles. The Morgan fingerprint density at radius 2 is 2.19 bits per heavy atom. The highest BCUT2D eigenvalue weighted by atomic mass is 79.9. The minimum atomic E-state index is 0.780. The van der Waals surface area contributed by atoms with Gasteiger partial charge >= 0.3 is 0 Å². The zero-order valence-electron chi connectivity index (χ0n) is 9.15. The van der Waals surface area contributed by atoms with Gasteiger partial charge in [0.05, 0.1) is 0 Å². The fourth-order valence-corrected chi connectivity index (χ4v) is 2.32. The molecule has 0 fully saturated rings. The Morgan fingerprint density at radius 1 is 1.38 bits per heavy atom. The molecule has 4 heteroatoms. The summed E-state index contributed by atoms with van der Waals surface area (Å²) in [5.74, 6) is 1.10. The third-order valence-electron chi connectivity index (χ3n) is 2.45. The van der Waals surface area contributed by atoms with Crippen molar-refractivity contribution in [3.63, 3.8) is 0 Å². The Balaban J connectivity index is 2.26. The number of benzene rings is 1. The maximum absolute atomic E-state index is 5.80. The number of aryl methyl sites for hydroxylation is 1. The van der Waals surface area contributed by atoms with E-state index in [9.17, 15) is 0 Å². The Morgan fingerprint density at radius 3 is 2.88 bits per heavy atom. The van der Waals surface area contributed by atoms with Gasteiger partial charge in [-0.25, -0.2) is 4.98 Å². The first-order valence-corrected chi connectivity index (χ1v) is 6.03. The zero-order chi connectivity index (χ0) is 11.5. The van der Waals surface area contributed by atoms with Crippen LogP contribution in [0.4, 0.5) is 5.69 Å². The summed E-state index contributed by atoms with van der Waals surface area (Å²) in [5.41, 5.74) is 7.76. The summed E-state index contributed by atoms with van der Waals surface area (Å²) in [4.78, 5) is 4.30. The molecule has 0 aliphatic carbocycles. The molecule has 2 N–H and O–H groups in total. The Kier molecular flexibility index (Phi) is 3.29. The molecule has 0 unspecified atom stereocenters. The number of halogens is 1. The second-order valence-electron chi connectivity index (χ2n) is 3.72. The first kappa shape index (κ1) is 11.2. The molecule has 0 spiro atoms. The predicted molar refractivity (Wildman–Crippen MR) is 69.3 cm³/mol. The highest BCUT2D eigenvalue weighted by Crippen LogP contribution is 2.18. The zero-order valence-corrected chi connectivity index (χ0v) is 10.7. The van der Waals surface area contributed by atoms with E-state index in [0.717, 1.165) is 29.0 Å². The molecule has 0 amide bonds. The van der Waals surface area contributed by atoms with Crippen molar-refractivity contribution >= 4 is 21.6 Å². The SMILES string of the molecule is CCc1nccn1Cc1cc(N)cc(Br)c1. The molecular formula is C12H14BrN3. The number of nitrogen functional groups attached to an aromatic ring is 1. The molecule has 3 nitrogen and oxygen atoms in total. The van der Waals surface area contributed by atoms with E-state index in [1.165, 1.54) is 5.56 Å². The highest BCUT2D eigenvalue weighted by molar-refractivity contribution is 9.10. The second-order valence-corrected chi connectivity index (χ2v) is 4.63. The summed E-state index contributed by atoms with van der Waals surface area (Å²) in [6.45, 7) is 2.92. The van der Waals surface area contributed by atoms with Gasteiger partial charge in [0.25, 0.3) is 0 Å². The van der Waals surface area contributed by atoms with Gasteiger partial charge in [-0.2, -0.15) is 0 Å². The Bertz CT molecular complexity index is 471. The van der Waals surface area contributed by atoms with Crippen molar-refractivity contribution in [2.75, 3.05) is 5.73 Å². The molecule has 84 valence electrons. The van der Waals surface area contributed by atoms with E-state index < -0.39 is 0 Å². The van der Waals surface area contributed by atoms with Crippen LogP contribution in [0.1, 0.15) is 18.3 Å². The second kappa shape index (κ2) is 4.70. The molecule has 0 bridgehead atoms. The molecule has 2 rings (SSSR count). The fraction of sp³-hybridized carbons (Fsp3) is 0.250. The molecule has 16 heavy (non-hydrogen) atoms. The molecule has 2 aromatic rings. The molecule has 1 heterocycles. The monoisotopic (exact) mass is 279 g/mol. The molecule has 0 aliphatic heterocycles.